The number of aryl methyl sites for hydroxylation is 1. The molecule has 162 valence electrons. The van der Waals surface area contributed by atoms with Gasteiger partial charge in [0.25, 0.3) is 0 Å². The van der Waals surface area contributed by atoms with E-state index in [-0.39, 0.29) is 18.1 Å². The van der Waals surface area contributed by atoms with Crippen LogP contribution in [0.25, 0.3) is 5.69 Å². The molecule has 31 heavy (non-hydrogen) atoms. The van der Waals surface area contributed by atoms with Gasteiger partial charge in [0.1, 0.15) is 5.75 Å². The summed E-state index contributed by atoms with van der Waals surface area (Å²) in [5.41, 5.74) is 2.62. The summed E-state index contributed by atoms with van der Waals surface area (Å²) in [4.78, 5) is 14.8. The molecule has 3 aromatic rings. The van der Waals surface area contributed by atoms with Crippen molar-refractivity contribution in [3.8, 4) is 17.3 Å². The average molecular weight is 439 g/mol. The van der Waals surface area contributed by atoms with Crippen molar-refractivity contribution < 1.29 is 9.53 Å². The fraction of sp³-hybridized carbons (Fsp3) is 0.333. The van der Waals surface area contributed by atoms with Gasteiger partial charge in [-0.15, -0.1) is 0 Å². The van der Waals surface area contributed by atoms with Gasteiger partial charge in [0.05, 0.1) is 23.5 Å². The van der Waals surface area contributed by atoms with Gasteiger partial charge in [-0.05, 0) is 70.0 Å². The number of hydrogen-bond acceptors (Lipinski definition) is 3. The summed E-state index contributed by atoms with van der Waals surface area (Å²) in [6.45, 7) is 6.33. The second-order valence-corrected chi connectivity index (χ2v) is 8.57. The Balaban J connectivity index is 1.73. The molecule has 0 bridgehead atoms. The number of ether oxygens (including phenoxy) is 1. The van der Waals surface area contributed by atoms with Gasteiger partial charge >= 0.3 is 6.03 Å². The maximum absolute atomic E-state index is 12.9. The molecule has 7 heteroatoms. The van der Waals surface area contributed by atoms with Gasteiger partial charge in [-0.2, -0.15) is 5.10 Å². The minimum atomic E-state index is -0.0539. The largest absolute Gasteiger partial charge is 0.439 e. The Labute approximate surface area is 187 Å². The predicted octanol–water partition coefficient (Wildman–Crippen LogP) is 5.71. The van der Waals surface area contributed by atoms with E-state index >= 15 is 0 Å². The van der Waals surface area contributed by atoms with Gasteiger partial charge < -0.3 is 15.0 Å². The summed E-state index contributed by atoms with van der Waals surface area (Å²) >= 11 is 6.04. The highest BCUT2D eigenvalue weighted by Gasteiger charge is 2.35. The molecule has 4 rings (SSSR count). The van der Waals surface area contributed by atoms with Crippen molar-refractivity contribution in [2.45, 2.75) is 52.2 Å². The molecule has 6 nitrogen and oxygen atoms in total. The third kappa shape index (κ3) is 5.02. The lowest BCUT2D eigenvalue weighted by Crippen LogP contribution is -2.43. The van der Waals surface area contributed by atoms with Gasteiger partial charge in [-0.3, -0.25) is 0 Å². The summed E-state index contributed by atoms with van der Waals surface area (Å²) in [6, 6.07) is 17.4. The molecule has 1 aliphatic carbocycles. The molecular weight excluding hydrogens is 412 g/mol. The van der Waals surface area contributed by atoms with E-state index in [0.29, 0.717) is 23.2 Å². The number of benzene rings is 2. The van der Waals surface area contributed by atoms with E-state index in [4.69, 9.17) is 21.4 Å². The SMILES string of the molecule is Cc1nn(-c2ccccc2)c(Oc2ccc(Cl)cc2)c1CN(C(=O)NC(C)C)C1CC1. The van der Waals surface area contributed by atoms with Crippen molar-refractivity contribution >= 4 is 17.6 Å². The maximum atomic E-state index is 12.9. The first-order chi connectivity index (χ1) is 14.9. The fourth-order valence-electron chi connectivity index (χ4n) is 3.44. The quantitative estimate of drug-likeness (QED) is 0.514. The van der Waals surface area contributed by atoms with E-state index in [1.165, 1.54) is 0 Å². The minimum absolute atomic E-state index is 0.0539. The number of aromatic nitrogens is 2. The Morgan fingerprint density at radius 1 is 1.19 bits per heavy atom. The molecule has 0 radical (unpaired) electrons. The summed E-state index contributed by atoms with van der Waals surface area (Å²) in [6.07, 6.45) is 2.04. The number of nitrogens with zero attached hydrogens (tertiary/aromatic N) is 3. The second-order valence-electron chi connectivity index (χ2n) is 8.14. The fourth-order valence-corrected chi connectivity index (χ4v) is 3.56. The number of halogens is 1. The van der Waals surface area contributed by atoms with Crippen LogP contribution in [0, 0.1) is 6.92 Å². The zero-order chi connectivity index (χ0) is 22.0. The van der Waals surface area contributed by atoms with E-state index in [0.717, 1.165) is 29.8 Å². The molecular formula is C24H27ClN4O2. The molecule has 0 atom stereocenters. The van der Waals surface area contributed by atoms with Crippen LogP contribution >= 0.6 is 11.6 Å². The molecule has 1 saturated carbocycles. The molecule has 0 unspecified atom stereocenters. The Kier molecular flexibility index (Phi) is 6.18. The lowest BCUT2D eigenvalue weighted by molar-refractivity contribution is 0.189. The zero-order valence-electron chi connectivity index (χ0n) is 18.0. The van der Waals surface area contributed by atoms with Gasteiger partial charge in [-0.25, -0.2) is 9.48 Å². The molecule has 1 heterocycles. The molecule has 0 spiro atoms. The van der Waals surface area contributed by atoms with Crippen LogP contribution < -0.4 is 10.1 Å². The number of carbonyl (C=O) groups is 1. The Morgan fingerprint density at radius 3 is 2.48 bits per heavy atom. The molecule has 0 saturated heterocycles. The van der Waals surface area contributed by atoms with Crippen LogP contribution in [0.15, 0.2) is 54.6 Å². The van der Waals surface area contributed by atoms with Crippen molar-refractivity contribution in [1.29, 1.82) is 0 Å². The number of urea groups is 1. The topological polar surface area (TPSA) is 59.4 Å². The summed E-state index contributed by atoms with van der Waals surface area (Å²) in [5.74, 6) is 1.27. The molecule has 1 fully saturated rings. The van der Waals surface area contributed by atoms with Crippen molar-refractivity contribution in [2.75, 3.05) is 0 Å². The smallest absolute Gasteiger partial charge is 0.318 e. The molecule has 1 N–H and O–H groups in total. The Bertz CT molecular complexity index is 1040. The number of amides is 2. The van der Waals surface area contributed by atoms with Crippen LogP contribution in [-0.4, -0.2) is 32.8 Å². The zero-order valence-corrected chi connectivity index (χ0v) is 18.8. The first-order valence-corrected chi connectivity index (χ1v) is 10.9. The van der Waals surface area contributed by atoms with Crippen LogP contribution in [0.2, 0.25) is 5.02 Å². The highest BCUT2D eigenvalue weighted by atomic mass is 35.5. The average Bonchev–Trinajstić information content (AvgIpc) is 3.53. The Hall–Kier alpha value is -2.99. The predicted molar refractivity (Wildman–Crippen MR) is 122 cm³/mol. The van der Waals surface area contributed by atoms with Crippen LogP contribution in [0.4, 0.5) is 4.79 Å². The lowest BCUT2D eigenvalue weighted by atomic mass is 10.2. The van der Waals surface area contributed by atoms with Crippen molar-refractivity contribution in [1.82, 2.24) is 20.0 Å². The number of carbonyl (C=O) groups excluding carboxylic acids is 1. The number of nitrogens with one attached hydrogen (secondary N) is 1. The third-order valence-corrected chi connectivity index (χ3v) is 5.41. The first kappa shape index (κ1) is 21.2. The summed E-state index contributed by atoms with van der Waals surface area (Å²) in [7, 11) is 0. The minimum Gasteiger partial charge on any atom is -0.439 e. The number of para-hydroxylation sites is 1. The highest BCUT2D eigenvalue weighted by molar-refractivity contribution is 6.30. The second kappa shape index (κ2) is 9.02. The van der Waals surface area contributed by atoms with Gasteiger partial charge in [0.2, 0.25) is 5.88 Å². The first-order valence-electron chi connectivity index (χ1n) is 10.6. The van der Waals surface area contributed by atoms with Crippen LogP contribution in [0.3, 0.4) is 0 Å². The van der Waals surface area contributed by atoms with Crippen LogP contribution in [0.5, 0.6) is 11.6 Å². The van der Waals surface area contributed by atoms with Crippen molar-refractivity contribution in [3.63, 3.8) is 0 Å². The normalized spacial score (nSPS) is 13.3. The van der Waals surface area contributed by atoms with E-state index in [1.807, 2.05) is 68.1 Å². The van der Waals surface area contributed by atoms with Gasteiger partial charge in [0.15, 0.2) is 0 Å². The maximum Gasteiger partial charge on any atom is 0.318 e. The molecule has 2 aromatic carbocycles. The van der Waals surface area contributed by atoms with E-state index in [1.54, 1.807) is 16.8 Å². The molecule has 1 aromatic heterocycles. The number of hydrogen-bond donors (Lipinski definition) is 1. The van der Waals surface area contributed by atoms with Crippen LogP contribution in [0.1, 0.15) is 37.9 Å². The van der Waals surface area contributed by atoms with E-state index in [2.05, 4.69) is 5.32 Å². The summed E-state index contributed by atoms with van der Waals surface area (Å²) < 4.78 is 8.11. The molecule has 2 amide bonds. The van der Waals surface area contributed by atoms with Crippen molar-refractivity contribution in [3.05, 3.63) is 70.9 Å². The third-order valence-electron chi connectivity index (χ3n) is 5.16. The van der Waals surface area contributed by atoms with Gasteiger partial charge in [-0.1, -0.05) is 29.8 Å². The highest BCUT2D eigenvalue weighted by Crippen LogP contribution is 2.35. The Morgan fingerprint density at radius 2 is 1.87 bits per heavy atom. The van der Waals surface area contributed by atoms with E-state index in [9.17, 15) is 4.79 Å². The lowest BCUT2D eigenvalue weighted by Gasteiger charge is -2.24. The molecule has 1 aliphatic rings. The van der Waals surface area contributed by atoms with E-state index < -0.39 is 0 Å². The van der Waals surface area contributed by atoms with Crippen LogP contribution in [-0.2, 0) is 6.54 Å². The standard InChI is InChI=1S/C24H27ClN4O2/c1-16(2)26-24(30)28(19-11-12-19)15-22-17(3)27-29(20-7-5-4-6-8-20)23(22)31-21-13-9-18(25)10-14-21/h4-10,13-14,16,19H,11-12,15H2,1-3H3,(H,26,30). The van der Waals surface area contributed by atoms with Crippen molar-refractivity contribution in [2.24, 2.45) is 0 Å². The monoisotopic (exact) mass is 438 g/mol. The summed E-state index contributed by atoms with van der Waals surface area (Å²) in [5, 5.41) is 8.42. The molecule has 0 aliphatic heterocycles. The van der Waals surface area contributed by atoms with Gasteiger partial charge in [0, 0.05) is 17.1 Å². The number of rotatable bonds is 7.